The number of hydrogen-bond donors (Lipinski definition) is 0. The van der Waals surface area contributed by atoms with E-state index in [1.807, 2.05) is 27.7 Å². The molecule has 0 aliphatic rings. The van der Waals surface area contributed by atoms with Gasteiger partial charge in [-0.15, -0.1) is 0 Å². The summed E-state index contributed by atoms with van der Waals surface area (Å²) in [7, 11) is 0. The van der Waals surface area contributed by atoms with E-state index >= 15 is 0 Å². The van der Waals surface area contributed by atoms with E-state index in [2.05, 4.69) is 27.7 Å². The van der Waals surface area contributed by atoms with Crippen molar-refractivity contribution in [1.29, 1.82) is 0 Å². The lowest BCUT2D eigenvalue weighted by atomic mass is 9.92. The molecule has 0 aliphatic heterocycles. The minimum Gasteiger partial charge on any atom is -0.0683 e. The molecule has 0 aromatic carbocycles. The maximum atomic E-state index is 2.33. The van der Waals surface area contributed by atoms with Gasteiger partial charge < -0.3 is 0 Å². The van der Waals surface area contributed by atoms with Gasteiger partial charge in [-0.25, -0.2) is 0 Å². The standard InChI is InChI=1S/C8H18.2C2H6/c1-5-7(3)8(4)6-2;2*1-2/h7-8H,5-6H2,1-4H3;2*1-2H3. The minimum absolute atomic E-state index is 0.917. The van der Waals surface area contributed by atoms with Gasteiger partial charge in [0.15, 0.2) is 0 Å². The third-order valence-electron chi connectivity index (χ3n) is 2.26. The Morgan fingerprint density at radius 2 is 0.833 bits per heavy atom. The van der Waals surface area contributed by atoms with Crippen molar-refractivity contribution >= 4 is 0 Å². The summed E-state index contributed by atoms with van der Waals surface area (Å²) >= 11 is 0. The maximum absolute atomic E-state index is 2.33. The van der Waals surface area contributed by atoms with Gasteiger partial charge in [-0.1, -0.05) is 68.2 Å². The van der Waals surface area contributed by atoms with Crippen LogP contribution in [0.5, 0.6) is 0 Å². The summed E-state index contributed by atoms with van der Waals surface area (Å²) in [5.41, 5.74) is 0. The summed E-state index contributed by atoms with van der Waals surface area (Å²) in [5.74, 6) is 1.83. The van der Waals surface area contributed by atoms with Gasteiger partial charge in [0.25, 0.3) is 0 Å². The highest BCUT2D eigenvalue weighted by atomic mass is 14.1. The fourth-order valence-electron chi connectivity index (χ4n) is 0.805. The molecule has 0 radical (unpaired) electrons. The highest BCUT2D eigenvalue weighted by molar-refractivity contribution is 4.56. The van der Waals surface area contributed by atoms with E-state index in [0.717, 1.165) is 11.8 Å². The monoisotopic (exact) mass is 174 g/mol. The van der Waals surface area contributed by atoms with Crippen molar-refractivity contribution < 1.29 is 0 Å². The topological polar surface area (TPSA) is 0 Å². The average Bonchev–Trinajstić information content (AvgIpc) is 2.21. The summed E-state index contributed by atoms with van der Waals surface area (Å²) in [6, 6.07) is 0. The lowest BCUT2D eigenvalue weighted by molar-refractivity contribution is 0.367. The second-order valence-corrected chi connectivity index (χ2v) is 2.77. The Kier molecular flexibility index (Phi) is 25.7. The molecule has 0 fully saturated rings. The smallest absolute Gasteiger partial charge is 0.0420 e. The van der Waals surface area contributed by atoms with Gasteiger partial charge in [-0.2, -0.15) is 0 Å². The van der Waals surface area contributed by atoms with Crippen LogP contribution in [0.25, 0.3) is 0 Å². The fraction of sp³-hybridized carbons (Fsp3) is 1.00. The normalized spacial score (nSPS) is 13.0. The van der Waals surface area contributed by atoms with Crippen molar-refractivity contribution in [2.75, 3.05) is 0 Å². The van der Waals surface area contributed by atoms with E-state index in [9.17, 15) is 0 Å². The van der Waals surface area contributed by atoms with Gasteiger partial charge in [0.2, 0.25) is 0 Å². The molecule has 0 aliphatic carbocycles. The van der Waals surface area contributed by atoms with Gasteiger partial charge in [-0.05, 0) is 11.8 Å². The largest absolute Gasteiger partial charge is 0.0683 e. The van der Waals surface area contributed by atoms with Crippen LogP contribution in [0.2, 0.25) is 0 Å². The molecule has 0 saturated heterocycles. The average molecular weight is 174 g/mol. The van der Waals surface area contributed by atoms with Crippen molar-refractivity contribution in [2.24, 2.45) is 11.8 Å². The third-order valence-corrected chi connectivity index (χ3v) is 2.26. The summed E-state index contributed by atoms with van der Waals surface area (Å²) in [6.07, 6.45) is 2.66. The molecule has 2 unspecified atom stereocenters. The molecule has 0 amide bonds. The van der Waals surface area contributed by atoms with E-state index in [4.69, 9.17) is 0 Å². The second-order valence-electron chi connectivity index (χ2n) is 2.77. The molecule has 0 N–H and O–H groups in total. The molecule has 12 heavy (non-hydrogen) atoms. The zero-order valence-electron chi connectivity index (χ0n) is 10.6. The molecule has 0 heteroatoms. The summed E-state index contributed by atoms with van der Waals surface area (Å²) in [4.78, 5) is 0. The Labute approximate surface area is 80.8 Å². The van der Waals surface area contributed by atoms with Crippen LogP contribution in [0, 0.1) is 11.8 Å². The summed E-state index contributed by atoms with van der Waals surface area (Å²) in [6.45, 7) is 17.2. The Balaban J connectivity index is -0.000000175. The molecular formula is C12H30. The van der Waals surface area contributed by atoms with Crippen LogP contribution in [0.1, 0.15) is 68.2 Å². The van der Waals surface area contributed by atoms with E-state index in [1.165, 1.54) is 12.8 Å². The molecule has 0 spiro atoms. The molecule has 2 atom stereocenters. The van der Waals surface area contributed by atoms with Gasteiger partial charge >= 0.3 is 0 Å². The van der Waals surface area contributed by atoms with Crippen molar-refractivity contribution in [3.63, 3.8) is 0 Å². The molecule has 0 heterocycles. The lowest BCUT2D eigenvalue weighted by Crippen LogP contribution is -2.04. The van der Waals surface area contributed by atoms with Crippen LogP contribution in [0.3, 0.4) is 0 Å². The molecule has 0 bridgehead atoms. The highest BCUT2D eigenvalue weighted by Gasteiger charge is 2.05. The predicted octanol–water partition coefficient (Wildman–Crippen LogP) is 5.13. The summed E-state index contributed by atoms with van der Waals surface area (Å²) in [5, 5.41) is 0. The molecular weight excluding hydrogens is 144 g/mol. The zero-order valence-corrected chi connectivity index (χ0v) is 10.6. The first-order chi connectivity index (χ1) is 5.72. The van der Waals surface area contributed by atoms with E-state index in [0.29, 0.717) is 0 Å². The third kappa shape index (κ3) is 12.7. The van der Waals surface area contributed by atoms with E-state index in [-0.39, 0.29) is 0 Å². The van der Waals surface area contributed by atoms with Crippen LogP contribution < -0.4 is 0 Å². The Morgan fingerprint density at radius 3 is 0.917 bits per heavy atom. The molecule has 0 saturated carbocycles. The van der Waals surface area contributed by atoms with E-state index < -0.39 is 0 Å². The predicted molar refractivity (Wildman–Crippen MR) is 61.6 cm³/mol. The molecule has 0 nitrogen and oxygen atoms in total. The van der Waals surface area contributed by atoms with Crippen LogP contribution in [-0.2, 0) is 0 Å². The first-order valence-corrected chi connectivity index (χ1v) is 5.72. The Morgan fingerprint density at radius 1 is 0.667 bits per heavy atom. The highest BCUT2D eigenvalue weighted by Crippen LogP contribution is 2.16. The van der Waals surface area contributed by atoms with Gasteiger partial charge in [0.05, 0.1) is 0 Å². The van der Waals surface area contributed by atoms with Crippen molar-refractivity contribution in [2.45, 2.75) is 68.2 Å². The molecule has 78 valence electrons. The Hall–Kier alpha value is 0. The van der Waals surface area contributed by atoms with Crippen LogP contribution in [0.4, 0.5) is 0 Å². The fourth-order valence-corrected chi connectivity index (χ4v) is 0.805. The molecule has 0 aromatic heterocycles. The molecule has 0 aromatic rings. The van der Waals surface area contributed by atoms with Crippen molar-refractivity contribution in [1.82, 2.24) is 0 Å². The molecule has 0 rings (SSSR count). The zero-order chi connectivity index (χ0) is 10.6. The quantitative estimate of drug-likeness (QED) is 0.556. The SMILES string of the molecule is CC.CC.CCC(C)C(C)CC. The first-order valence-electron chi connectivity index (χ1n) is 5.72. The number of rotatable bonds is 3. The van der Waals surface area contributed by atoms with Crippen LogP contribution in [0.15, 0.2) is 0 Å². The maximum Gasteiger partial charge on any atom is -0.0420 e. The van der Waals surface area contributed by atoms with E-state index in [1.54, 1.807) is 0 Å². The van der Waals surface area contributed by atoms with Gasteiger partial charge in [-0.3, -0.25) is 0 Å². The van der Waals surface area contributed by atoms with Crippen molar-refractivity contribution in [3.05, 3.63) is 0 Å². The first kappa shape index (κ1) is 17.9. The van der Waals surface area contributed by atoms with Crippen LogP contribution >= 0.6 is 0 Å². The minimum atomic E-state index is 0.917. The van der Waals surface area contributed by atoms with Gasteiger partial charge in [0.1, 0.15) is 0 Å². The number of hydrogen-bond acceptors (Lipinski definition) is 0. The second kappa shape index (κ2) is 17.2. The lowest BCUT2D eigenvalue weighted by Gasteiger charge is -2.14. The Bertz CT molecular complexity index is 40.0. The van der Waals surface area contributed by atoms with Crippen molar-refractivity contribution in [3.8, 4) is 0 Å². The summed E-state index contributed by atoms with van der Waals surface area (Å²) < 4.78 is 0. The van der Waals surface area contributed by atoms with Crippen LogP contribution in [-0.4, -0.2) is 0 Å². The van der Waals surface area contributed by atoms with Gasteiger partial charge in [0, 0.05) is 0 Å².